The van der Waals surface area contributed by atoms with Gasteiger partial charge in [-0.3, -0.25) is 0 Å². The van der Waals surface area contributed by atoms with Crippen molar-refractivity contribution in [2.24, 2.45) is 0 Å². The largest absolute Gasteiger partial charge is 0.459 e. The number of hydrogen-bond donors (Lipinski definition) is 5. The van der Waals surface area contributed by atoms with Crippen LogP contribution < -0.4 is 10.5 Å². The maximum Gasteiger partial charge on any atom is 0.229 e. The molecule has 1 aliphatic rings. The van der Waals surface area contributed by atoms with Crippen LogP contribution >= 0.6 is 23.2 Å². The van der Waals surface area contributed by atoms with Gasteiger partial charge in [-0.15, -0.1) is 0 Å². The number of rotatable bonds is 3. The molecular weight excluding hydrogens is 325 g/mol. The minimum Gasteiger partial charge on any atom is -0.459 e. The monoisotopic (exact) mass is 339 g/mol. The first kappa shape index (κ1) is 16.6. The molecule has 1 heterocycles. The molecule has 118 valence electrons. The fourth-order valence-electron chi connectivity index (χ4n) is 1.97. The number of aliphatic hydroxyl groups excluding tert-OH is 4. The zero-order valence-corrected chi connectivity index (χ0v) is 12.2. The summed E-state index contributed by atoms with van der Waals surface area (Å²) in [7, 11) is 0. The van der Waals surface area contributed by atoms with Gasteiger partial charge in [0.15, 0.2) is 5.75 Å². The van der Waals surface area contributed by atoms with Crippen LogP contribution in [0.1, 0.15) is 0 Å². The summed E-state index contributed by atoms with van der Waals surface area (Å²) >= 11 is 11.9. The summed E-state index contributed by atoms with van der Waals surface area (Å²) in [6, 6.07) is 2.79. The first-order valence-corrected chi connectivity index (χ1v) is 6.82. The van der Waals surface area contributed by atoms with Gasteiger partial charge in [-0.2, -0.15) is 0 Å². The number of benzene rings is 1. The van der Waals surface area contributed by atoms with Crippen LogP contribution in [0.2, 0.25) is 10.0 Å². The van der Waals surface area contributed by atoms with Gasteiger partial charge in [-0.1, -0.05) is 23.2 Å². The number of halogens is 2. The van der Waals surface area contributed by atoms with Crippen molar-refractivity contribution >= 4 is 28.9 Å². The topological polar surface area (TPSA) is 125 Å². The van der Waals surface area contributed by atoms with E-state index in [1.54, 1.807) is 0 Å². The minimum atomic E-state index is -1.55. The normalized spacial score (nSPS) is 33.0. The Hall–Kier alpha value is -0.800. The molecule has 6 N–H and O–H groups in total. The zero-order chi connectivity index (χ0) is 15.7. The molecule has 5 atom stereocenters. The lowest BCUT2D eigenvalue weighted by molar-refractivity contribution is -0.277. The molecule has 1 fully saturated rings. The average Bonchev–Trinajstić information content (AvgIpc) is 2.42. The summed E-state index contributed by atoms with van der Waals surface area (Å²) < 4.78 is 10.6. The molecule has 21 heavy (non-hydrogen) atoms. The SMILES string of the molecule is Nc1cc(Cl)c(O[C@@H]2O[C@H](CO)[C@@H](O)[C@H](O)[C@@H]2O)c(Cl)c1. The van der Waals surface area contributed by atoms with Crippen LogP contribution in [0.3, 0.4) is 0 Å². The third-order valence-electron chi connectivity index (χ3n) is 3.10. The van der Waals surface area contributed by atoms with Gasteiger partial charge in [0.05, 0.1) is 16.7 Å². The van der Waals surface area contributed by atoms with Gasteiger partial charge in [0.1, 0.15) is 24.4 Å². The van der Waals surface area contributed by atoms with Crippen molar-refractivity contribution in [2.75, 3.05) is 12.3 Å². The molecule has 1 saturated heterocycles. The minimum absolute atomic E-state index is 0.0110. The average molecular weight is 340 g/mol. The zero-order valence-electron chi connectivity index (χ0n) is 10.7. The van der Waals surface area contributed by atoms with Crippen LogP contribution in [0.25, 0.3) is 0 Å². The molecule has 0 amide bonds. The quantitative estimate of drug-likeness (QED) is 0.481. The lowest BCUT2D eigenvalue weighted by atomic mass is 9.99. The van der Waals surface area contributed by atoms with Crippen molar-refractivity contribution in [2.45, 2.75) is 30.7 Å². The fraction of sp³-hybridized carbons (Fsp3) is 0.500. The van der Waals surface area contributed by atoms with Crippen LogP contribution in [-0.2, 0) is 4.74 Å². The van der Waals surface area contributed by atoms with Crippen LogP contribution in [0.15, 0.2) is 12.1 Å². The molecule has 2 rings (SSSR count). The first-order chi connectivity index (χ1) is 9.85. The van der Waals surface area contributed by atoms with Crippen LogP contribution in [0, 0.1) is 0 Å². The molecule has 0 radical (unpaired) electrons. The smallest absolute Gasteiger partial charge is 0.229 e. The lowest BCUT2D eigenvalue weighted by Gasteiger charge is -2.39. The van der Waals surface area contributed by atoms with Gasteiger partial charge < -0.3 is 35.6 Å². The lowest BCUT2D eigenvalue weighted by Crippen LogP contribution is -2.60. The summed E-state index contributed by atoms with van der Waals surface area (Å²) in [6.45, 7) is -0.561. The van der Waals surface area contributed by atoms with E-state index in [9.17, 15) is 15.3 Å². The summed E-state index contributed by atoms with van der Waals surface area (Å²) in [5.41, 5.74) is 5.89. The second kappa shape index (κ2) is 6.53. The van der Waals surface area contributed by atoms with Crippen molar-refractivity contribution in [1.82, 2.24) is 0 Å². The molecular formula is C12H15Cl2NO6. The highest BCUT2D eigenvalue weighted by atomic mass is 35.5. The third kappa shape index (κ3) is 3.35. The van der Waals surface area contributed by atoms with Crippen molar-refractivity contribution in [1.29, 1.82) is 0 Å². The number of nitrogen functional groups attached to an aromatic ring is 1. The molecule has 0 bridgehead atoms. The number of nitrogens with two attached hydrogens (primary N) is 1. The highest BCUT2D eigenvalue weighted by Crippen LogP contribution is 2.37. The third-order valence-corrected chi connectivity index (χ3v) is 3.66. The Labute approximate surface area is 130 Å². The Morgan fingerprint density at radius 3 is 2.19 bits per heavy atom. The second-order valence-corrected chi connectivity index (χ2v) is 5.44. The number of hydrogen-bond acceptors (Lipinski definition) is 7. The Bertz CT molecular complexity index is 492. The Morgan fingerprint density at radius 1 is 1.10 bits per heavy atom. The van der Waals surface area contributed by atoms with E-state index in [0.29, 0.717) is 5.69 Å². The van der Waals surface area contributed by atoms with E-state index in [1.807, 2.05) is 0 Å². The number of anilines is 1. The number of ether oxygens (including phenoxy) is 2. The van der Waals surface area contributed by atoms with Gasteiger partial charge in [-0.25, -0.2) is 0 Å². The van der Waals surface area contributed by atoms with E-state index in [0.717, 1.165) is 0 Å². The maximum atomic E-state index is 9.87. The van der Waals surface area contributed by atoms with E-state index in [-0.39, 0.29) is 15.8 Å². The first-order valence-electron chi connectivity index (χ1n) is 6.06. The molecule has 0 saturated carbocycles. The summed E-state index contributed by atoms with van der Waals surface area (Å²) in [5, 5.41) is 38.5. The van der Waals surface area contributed by atoms with E-state index in [2.05, 4.69) is 0 Å². The molecule has 1 aliphatic heterocycles. The molecule has 0 unspecified atom stereocenters. The molecule has 1 aromatic rings. The van der Waals surface area contributed by atoms with E-state index < -0.39 is 37.3 Å². The predicted octanol–water partition coefficient (Wildman–Crippen LogP) is -0.246. The Balaban J connectivity index is 2.22. The van der Waals surface area contributed by atoms with Crippen LogP contribution in [0.5, 0.6) is 5.75 Å². The van der Waals surface area contributed by atoms with Crippen molar-refractivity contribution in [3.8, 4) is 5.75 Å². The van der Waals surface area contributed by atoms with Crippen molar-refractivity contribution in [3.63, 3.8) is 0 Å². The highest BCUT2D eigenvalue weighted by Gasteiger charge is 2.45. The molecule has 0 aromatic heterocycles. The Kier molecular flexibility index (Phi) is 5.15. The van der Waals surface area contributed by atoms with Gasteiger partial charge in [0.2, 0.25) is 6.29 Å². The van der Waals surface area contributed by atoms with Gasteiger partial charge in [-0.05, 0) is 12.1 Å². The predicted molar refractivity (Wildman–Crippen MR) is 75.3 cm³/mol. The van der Waals surface area contributed by atoms with E-state index in [4.69, 9.17) is 43.5 Å². The van der Waals surface area contributed by atoms with Crippen LogP contribution in [-0.4, -0.2) is 57.7 Å². The molecule has 9 heteroatoms. The van der Waals surface area contributed by atoms with E-state index >= 15 is 0 Å². The van der Waals surface area contributed by atoms with Crippen LogP contribution in [0.4, 0.5) is 5.69 Å². The molecule has 7 nitrogen and oxygen atoms in total. The molecule has 1 aromatic carbocycles. The number of aliphatic hydroxyl groups is 4. The summed E-state index contributed by atoms with van der Waals surface area (Å²) in [5.74, 6) is 0.0110. The van der Waals surface area contributed by atoms with Gasteiger partial charge in [0, 0.05) is 5.69 Å². The summed E-state index contributed by atoms with van der Waals surface area (Å²) in [6.07, 6.45) is -7.01. The Morgan fingerprint density at radius 2 is 1.67 bits per heavy atom. The maximum absolute atomic E-state index is 9.87. The van der Waals surface area contributed by atoms with Crippen molar-refractivity contribution in [3.05, 3.63) is 22.2 Å². The fourth-order valence-corrected chi connectivity index (χ4v) is 2.57. The second-order valence-electron chi connectivity index (χ2n) is 4.63. The molecule has 0 spiro atoms. The summed E-state index contributed by atoms with van der Waals surface area (Å²) in [4.78, 5) is 0. The standard InChI is InChI=1S/C12H15Cl2NO6/c13-5-1-4(15)2-6(14)11(5)21-12-10(19)9(18)8(17)7(3-16)20-12/h1-2,7-10,12,16-19H,3,15H2/t7-,8-,9+,10+,12+/m1/s1. The van der Waals surface area contributed by atoms with Crippen molar-refractivity contribution < 1.29 is 29.9 Å². The molecule has 0 aliphatic carbocycles. The van der Waals surface area contributed by atoms with Gasteiger partial charge >= 0.3 is 0 Å². The van der Waals surface area contributed by atoms with E-state index in [1.165, 1.54) is 12.1 Å². The highest BCUT2D eigenvalue weighted by molar-refractivity contribution is 6.37. The van der Waals surface area contributed by atoms with Gasteiger partial charge in [0.25, 0.3) is 0 Å².